The van der Waals surface area contributed by atoms with Crippen molar-refractivity contribution >= 4 is 17.5 Å². The lowest BCUT2D eigenvalue weighted by Crippen LogP contribution is -2.48. The zero-order valence-electron chi connectivity index (χ0n) is 20.0. The van der Waals surface area contributed by atoms with E-state index in [1.54, 1.807) is 10.9 Å². The Morgan fingerprint density at radius 2 is 2.03 bits per heavy atom. The molecule has 5 rings (SSSR count). The molecule has 3 aromatic rings. The Labute approximate surface area is 208 Å². The average Bonchev–Trinajstić information content (AvgIpc) is 3.56. The molecule has 1 saturated heterocycles. The van der Waals surface area contributed by atoms with Crippen LogP contribution >= 0.6 is 0 Å². The molecular weight excluding hydrogens is 463 g/mol. The fraction of sp³-hybridized carbons (Fsp3) is 0.440. The number of aromatic nitrogens is 4. The molecule has 3 heterocycles. The fourth-order valence-electron chi connectivity index (χ4n) is 4.70. The first-order valence-electron chi connectivity index (χ1n) is 12.3. The Hall–Kier alpha value is -3.57. The van der Waals surface area contributed by atoms with Gasteiger partial charge >= 0.3 is 0 Å². The second kappa shape index (κ2) is 10.6. The summed E-state index contributed by atoms with van der Waals surface area (Å²) in [7, 11) is 0. The maximum Gasteiger partial charge on any atom is 0.231 e. The molecule has 10 nitrogen and oxygen atoms in total. The van der Waals surface area contributed by atoms with Crippen molar-refractivity contribution in [2.24, 2.45) is 11.7 Å². The third-order valence-electron chi connectivity index (χ3n) is 6.81. The summed E-state index contributed by atoms with van der Waals surface area (Å²) in [5, 5.41) is 17.8. The molecule has 1 saturated carbocycles. The second-order valence-electron chi connectivity index (χ2n) is 9.53. The third kappa shape index (κ3) is 5.63. The zero-order valence-corrected chi connectivity index (χ0v) is 20.0. The lowest BCUT2D eigenvalue weighted by Gasteiger charge is -2.35. The van der Waals surface area contributed by atoms with Crippen LogP contribution in [0.4, 0.5) is 16.0 Å². The highest BCUT2D eigenvalue weighted by Crippen LogP contribution is 2.34. The van der Waals surface area contributed by atoms with Gasteiger partial charge in [-0.15, -0.1) is 0 Å². The van der Waals surface area contributed by atoms with E-state index in [1.807, 2.05) is 46.3 Å². The van der Waals surface area contributed by atoms with Crippen molar-refractivity contribution in [2.75, 3.05) is 36.4 Å². The molecule has 4 N–H and O–H groups in total. The summed E-state index contributed by atoms with van der Waals surface area (Å²) in [6.07, 6.45) is 7.02. The van der Waals surface area contributed by atoms with Gasteiger partial charge < -0.3 is 21.1 Å². The normalized spacial score (nSPS) is 20.3. The van der Waals surface area contributed by atoms with E-state index in [2.05, 4.69) is 20.4 Å². The van der Waals surface area contributed by atoms with Crippen LogP contribution in [0.25, 0.3) is 5.69 Å². The number of nitrogens with two attached hydrogens (primary N) is 1. The average molecular weight is 495 g/mol. The number of hydrogen-bond donors (Lipinski definition) is 3. The van der Waals surface area contributed by atoms with Gasteiger partial charge in [0.05, 0.1) is 18.3 Å². The molecule has 1 aromatic carbocycles. The summed E-state index contributed by atoms with van der Waals surface area (Å²) >= 11 is 0. The summed E-state index contributed by atoms with van der Waals surface area (Å²) in [5.41, 5.74) is 7.27. The number of aliphatic hydroxyl groups is 1. The number of aliphatic hydroxyl groups excluding tert-OH is 1. The molecular formula is C25H31FN8O2. The molecule has 2 atom stereocenters. The number of nitrogens with one attached hydrogen (secondary N) is 1. The Bertz CT molecular complexity index is 1170. The van der Waals surface area contributed by atoms with Crippen LogP contribution in [0.5, 0.6) is 0 Å². The highest BCUT2D eigenvalue weighted by Gasteiger charge is 2.33. The number of carbonyl (C=O) groups is 1. The van der Waals surface area contributed by atoms with E-state index in [9.17, 15) is 9.90 Å². The number of piperidine rings is 1. The molecule has 190 valence electrons. The molecule has 0 bridgehead atoms. The number of anilines is 2. The maximum atomic E-state index is 15.6. The minimum Gasteiger partial charge on any atom is -0.391 e. The van der Waals surface area contributed by atoms with E-state index in [0.717, 1.165) is 24.1 Å². The number of hydrogen-bond acceptors (Lipinski definition) is 8. The van der Waals surface area contributed by atoms with Gasteiger partial charge in [0.15, 0.2) is 11.6 Å². The van der Waals surface area contributed by atoms with E-state index in [-0.39, 0.29) is 30.1 Å². The van der Waals surface area contributed by atoms with Crippen molar-refractivity contribution in [3.63, 3.8) is 0 Å². The Balaban J connectivity index is 1.24. The fourth-order valence-corrected chi connectivity index (χ4v) is 4.70. The molecule has 0 spiro atoms. The summed E-state index contributed by atoms with van der Waals surface area (Å²) in [6.45, 7) is 2.05. The molecule has 36 heavy (non-hydrogen) atoms. The Kier molecular flexibility index (Phi) is 7.10. The van der Waals surface area contributed by atoms with Crippen LogP contribution < -0.4 is 16.0 Å². The summed E-state index contributed by atoms with van der Waals surface area (Å²) in [5.74, 6) is -0.573. The van der Waals surface area contributed by atoms with E-state index in [1.165, 1.54) is 6.33 Å². The lowest BCUT2D eigenvalue weighted by atomic mass is 9.93. The van der Waals surface area contributed by atoms with Crippen LogP contribution in [0.15, 0.2) is 49.1 Å². The number of rotatable bonds is 10. The maximum absolute atomic E-state index is 15.6. The highest BCUT2D eigenvalue weighted by molar-refractivity contribution is 5.75. The van der Waals surface area contributed by atoms with E-state index >= 15 is 4.39 Å². The Morgan fingerprint density at radius 3 is 2.69 bits per heavy atom. The number of benzene rings is 1. The number of likely N-dealkylation sites (tertiary alicyclic amines) is 1. The second-order valence-corrected chi connectivity index (χ2v) is 9.53. The van der Waals surface area contributed by atoms with Crippen molar-refractivity contribution in [3.8, 4) is 5.69 Å². The first kappa shape index (κ1) is 24.1. The quantitative estimate of drug-likeness (QED) is 0.388. The lowest BCUT2D eigenvalue weighted by molar-refractivity contribution is -0.120. The van der Waals surface area contributed by atoms with Crippen molar-refractivity contribution in [3.05, 3.63) is 60.4 Å². The number of primary amides is 1. The third-order valence-corrected chi connectivity index (χ3v) is 6.81. The Morgan fingerprint density at radius 1 is 1.22 bits per heavy atom. The van der Waals surface area contributed by atoms with Gasteiger partial charge in [-0.2, -0.15) is 9.49 Å². The van der Waals surface area contributed by atoms with Crippen molar-refractivity contribution < 1.29 is 14.3 Å². The van der Waals surface area contributed by atoms with Gasteiger partial charge in [0, 0.05) is 44.0 Å². The van der Waals surface area contributed by atoms with Crippen molar-refractivity contribution in [1.29, 1.82) is 0 Å². The van der Waals surface area contributed by atoms with Crippen molar-refractivity contribution in [1.82, 2.24) is 24.6 Å². The predicted molar refractivity (Wildman–Crippen MR) is 133 cm³/mol. The van der Waals surface area contributed by atoms with Crippen LogP contribution in [0.2, 0.25) is 0 Å². The number of β-amino-alcohol motifs (C(OH)–C–C–N with tert-alkyl or cyclic N) is 1. The zero-order chi connectivity index (χ0) is 25.1. The topological polar surface area (TPSA) is 125 Å². The first-order chi connectivity index (χ1) is 17.5. The molecule has 1 aliphatic heterocycles. The molecule has 0 radical (unpaired) electrons. The number of halogens is 1. The molecule has 0 unspecified atom stereocenters. The van der Waals surface area contributed by atoms with Gasteiger partial charge in [-0.1, -0.05) is 12.1 Å². The minimum absolute atomic E-state index is 0.0835. The van der Waals surface area contributed by atoms with Gasteiger partial charge in [0.25, 0.3) is 0 Å². The predicted octanol–water partition coefficient (Wildman–Crippen LogP) is 1.55. The molecule has 1 aliphatic carbocycles. The number of amides is 1. The molecule has 1 amide bonds. The van der Waals surface area contributed by atoms with Gasteiger partial charge in [-0.3, -0.25) is 9.69 Å². The van der Waals surface area contributed by atoms with Gasteiger partial charge in [-0.25, -0.2) is 14.6 Å². The minimum atomic E-state index is -0.636. The molecule has 2 fully saturated rings. The van der Waals surface area contributed by atoms with Gasteiger partial charge in [-0.05, 0) is 49.6 Å². The summed E-state index contributed by atoms with van der Waals surface area (Å²) in [6, 6.07) is 10.2. The van der Waals surface area contributed by atoms with Gasteiger partial charge in [0.1, 0.15) is 6.33 Å². The summed E-state index contributed by atoms with van der Waals surface area (Å²) < 4.78 is 17.4. The van der Waals surface area contributed by atoms with Crippen LogP contribution in [0.3, 0.4) is 0 Å². The van der Waals surface area contributed by atoms with Crippen LogP contribution in [-0.4, -0.2) is 74.0 Å². The standard InChI is InChI=1S/C25H31FN8O2/c26-23-24(28-12-18-8-11-32(14-21(18)35)15-22(27)36)29-16-30-25(23)33(19-6-7-19)13-17-2-4-20(5-3-17)34-10-1-9-31-34/h1-5,9-10,16,18-19,21,35H,6-8,11-15H2,(H2,27,36)(H,28,29,30)/t18-,21+/m0/s1. The molecule has 11 heteroatoms. The van der Waals surface area contributed by atoms with Crippen LogP contribution in [0.1, 0.15) is 24.8 Å². The summed E-state index contributed by atoms with van der Waals surface area (Å²) in [4.78, 5) is 23.4. The number of carbonyl (C=O) groups excluding carboxylic acids is 1. The smallest absolute Gasteiger partial charge is 0.231 e. The van der Waals surface area contributed by atoms with Crippen LogP contribution in [-0.2, 0) is 11.3 Å². The van der Waals surface area contributed by atoms with Gasteiger partial charge in [0.2, 0.25) is 11.7 Å². The number of nitrogens with zero attached hydrogens (tertiary/aromatic N) is 6. The van der Waals surface area contributed by atoms with E-state index in [0.29, 0.717) is 32.6 Å². The van der Waals surface area contributed by atoms with Crippen LogP contribution in [0, 0.1) is 11.7 Å². The first-order valence-corrected chi connectivity index (χ1v) is 12.3. The van der Waals surface area contributed by atoms with Crippen molar-refractivity contribution in [2.45, 2.75) is 38.0 Å². The monoisotopic (exact) mass is 494 g/mol. The van der Waals surface area contributed by atoms with E-state index < -0.39 is 17.8 Å². The largest absolute Gasteiger partial charge is 0.391 e. The van der Waals surface area contributed by atoms with E-state index in [4.69, 9.17) is 5.73 Å². The highest BCUT2D eigenvalue weighted by atomic mass is 19.1. The molecule has 2 aromatic heterocycles. The SMILES string of the molecule is NC(=O)CN1CC[C@@H](CNc2ncnc(N(Cc3ccc(-n4cccn4)cc3)C3CC3)c2F)[C@H](O)C1. The molecule has 2 aliphatic rings.